The molecule has 1 aromatic rings. The van der Waals surface area contributed by atoms with E-state index in [2.05, 4.69) is 31.5 Å². The highest BCUT2D eigenvalue weighted by Gasteiger charge is 2.15. The molecular weight excluding hydrogens is 270 g/mol. The Balaban J connectivity index is 1.87. The predicted octanol–water partition coefficient (Wildman–Crippen LogP) is 1.33. The minimum atomic E-state index is -0.0671. The van der Waals surface area contributed by atoms with Gasteiger partial charge in [-0.2, -0.15) is 0 Å². The van der Waals surface area contributed by atoms with E-state index in [1.165, 1.54) is 6.42 Å². The molecule has 0 radical (unpaired) electrons. The van der Waals surface area contributed by atoms with Gasteiger partial charge in [-0.25, -0.2) is 0 Å². The summed E-state index contributed by atoms with van der Waals surface area (Å²) in [5.74, 6) is -0.0671. The number of aromatic nitrogens is 1. The summed E-state index contributed by atoms with van der Waals surface area (Å²) >= 11 is 3.29. The van der Waals surface area contributed by atoms with E-state index in [1.807, 2.05) is 0 Å². The Morgan fingerprint density at radius 3 is 3.19 bits per heavy atom. The molecule has 86 valence electrons. The molecule has 1 aliphatic heterocycles. The van der Waals surface area contributed by atoms with Gasteiger partial charge >= 0.3 is 0 Å². The molecule has 0 aromatic carbocycles. The fraction of sp³-hybridized carbons (Fsp3) is 0.455. The van der Waals surface area contributed by atoms with Gasteiger partial charge in [0.2, 0.25) is 0 Å². The van der Waals surface area contributed by atoms with Crippen LogP contribution in [0.5, 0.6) is 0 Å². The van der Waals surface area contributed by atoms with Crippen molar-refractivity contribution < 1.29 is 4.79 Å². The van der Waals surface area contributed by atoms with Crippen molar-refractivity contribution >= 4 is 21.8 Å². The number of rotatable bonds is 3. The Morgan fingerprint density at radius 2 is 2.50 bits per heavy atom. The molecule has 0 spiro atoms. The van der Waals surface area contributed by atoms with Crippen LogP contribution in [0.3, 0.4) is 0 Å². The summed E-state index contributed by atoms with van der Waals surface area (Å²) in [4.78, 5) is 15.7. The number of carbonyl (C=O) groups excluding carboxylic acids is 1. The van der Waals surface area contributed by atoms with Crippen LogP contribution in [0.4, 0.5) is 0 Å². The Bertz CT molecular complexity index is 377. The maximum absolute atomic E-state index is 11.8. The lowest BCUT2D eigenvalue weighted by Gasteiger charge is -2.11. The van der Waals surface area contributed by atoms with Crippen molar-refractivity contribution in [2.24, 2.45) is 0 Å². The van der Waals surface area contributed by atoms with Crippen LogP contribution in [0.15, 0.2) is 22.9 Å². The lowest BCUT2D eigenvalue weighted by molar-refractivity contribution is 0.0950. The quantitative estimate of drug-likeness (QED) is 0.880. The molecule has 5 heteroatoms. The third kappa shape index (κ3) is 3.02. The average Bonchev–Trinajstić information content (AvgIpc) is 2.78. The Morgan fingerprint density at radius 1 is 1.62 bits per heavy atom. The first-order valence-electron chi connectivity index (χ1n) is 5.38. The van der Waals surface area contributed by atoms with Gasteiger partial charge in [-0.15, -0.1) is 0 Å². The summed E-state index contributed by atoms with van der Waals surface area (Å²) in [6.07, 6.45) is 5.56. The van der Waals surface area contributed by atoms with E-state index in [0.29, 0.717) is 18.2 Å². The molecule has 1 saturated heterocycles. The molecule has 4 nitrogen and oxygen atoms in total. The van der Waals surface area contributed by atoms with E-state index >= 15 is 0 Å². The first kappa shape index (κ1) is 11.5. The summed E-state index contributed by atoms with van der Waals surface area (Å²) < 4.78 is 0.819. The average molecular weight is 284 g/mol. The zero-order valence-corrected chi connectivity index (χ0v) is 10.5. The maximum Gasteiger partial charge on any atom is 0.252 e. The van der Waals surface area contributed by atoms with Crippen LogP contribution in [-0.2, 0) is 0 Å². The predicted molar refractivity (Wildman–Crippen MR) is 65.3 cm³/mol. The summed E-state index contributed by atoms with van der Waals surface area (Å²) in [5, 5.41) is 6.24. The van der Waals surface area contributed by atoms with Gasteiger partial charge in [-0.3, -0.25) is 9.78 Å². The second kappa shape index (κ2) is 5.41. The molecule has 1 atom stereocenters. The summed E-state index contributed by atoms with van der Waals surface area (Å²) in [6, 6.07) is 2.19. The minimum absolute atomic E-state index is 0.0671. The van der Waals surface area contributed by atoms with Crippen LogP contribution in [0.2, 0.25) is 0 Å². The number of amides is 1. The topological polar surface area (TPSA) is 54.0 Å². The maximum atomic E-state index is 11.8. The fourth-order valence-corrected chi connectivity index (χ4v) is 2.15. The van der Waals surface area contributed by atoms with E-state index in [9.17, 15) is 4.79 Å². The van der Waals surface area contributed by atoms with Gasteiger partial charge in [-0.05, 0) is 41.4 Å². The minimum Gasteiger partial charge on any atom is -0.350 e. The van der Waals surface area contributed by atoms with Crippen LogP contribution in [0.1, 0.15) is 23.2 Å². The molecule has 0 aliphatic carbocycles. The lowest BCUT2D eigenvalue weighted by Crippen LogP contribution is -2.37. The van der Waals surface area contributed by atoms with E-state index in [-0.39, 0.29) is 5.91 Å². The second-order valence-corrected chi connectivity index (χ2v) is 4.81. The van der Waals surface area contributed by atoms with Crippen LogP contribution in [0, 0.1) is 0 Å². The standard InChI is InChI=1S/C11H14BrN3O/c12-9-4-8(5-13-6-9)11(16)15-7-10-2-1-3-14-10/h4-6,10,14H,1-3,7H2,(H,15,16). The van der Waals surface area contributed by atoms with Crippen molar-refractivity contribution in [1.82, 2.24) is 15.6 Å². The zero-order valence-electron chi connectivity index (χ0n) is 8.87. The molecule has 1 unspecified atom stereocenters. The van der Waals surface area contributed by atoms with Crippen LogP contribution < -0.4 is 10.6 Å². The number of carbonyl (C=O) groups is 1. The Kier molecular flexibility index (Phi) is 3.90. The summed E-state index contributed by atoms with van der Waals surface area (Å²) in [6.45, 7) is 1.74. The molecule has 1 fully saturated rings. The van der Waals surface area contributed by atoms with Gasteiger partial charge in [0, 0.05) is 29.5 Å². The number of nitrogens with zero attached hydrogens (tertiary/aromatic N) is 1. The Labute approximate surface area is 103 Å². The monoisotopic (exact) mass is 283 g/mol. The van der Waals surface area contributed by atoms with E-state index in [1.54, 1.807) is 18.5 Å². The van der Waals surface area contributed by atoms with E-state index in [0.717, 1.165) is 17.4 Å². The highest BCUT2D eigenvalue weighted by Crippen LogP contribution is 2.09. The number of nitrogens with one attached hydrogen (secondary N) is 2. The van der Waals surface area contributed by atoms with Crippen molar-refractivity contribution in [2.75, 3.05) is 13.1 Å². The summed E-state index contributed by atoms with van der Waals surface area (Å²) in [7, 11) is 0. The van der Waals surface area contributed by atoms with Gasteiger partial charge in [0.05, 0.1) is 5.56 Å². The number of hydrogen-bond donors (Lipinski definition) is 2. The van der Waals surface area contributed by atoms with Gasteiger partial charge in [0.15, 0.2) is 0 Å². The molecule has 0 bridgehead atoms. The lowest BCUT2D eigenvalue weighted by atomic mass is 10.2. The van der Waals surface area contributed by atoms with E-state index in [4.69, 9.17) is 0 Å². The normalized spacial score (nSPS) is 19.7. The molecular formula is C11H14BrN3O. The number of pyridine rings is 1. The van der Waals surface area contributed by atoms with Gasteiger partial charge < -0.3 is 10.6 Å². The van der Waals surface area contributed by atoms with E-state index < -0.39 is 0 Å². The highest BCUT2D eigenvalue weighted by atomic mass is 79.9. The first-order valence-corrected chi connectivity index (χ1v) is 6.17. The van der Waals surface area contributed by atoms with Gasteiger partial charge in [0.25, 0.3) is 5.91 Å². The largest absolute Gasteiger partial charge is 0.350 e. The Hall–Kier alpha value is -0.940. The van der Waals surface area contributed by atoms with Crippen molar-refractivity contribution in [1.29, 1.82) is 0 Å². The van der Waals surface area contributed by atoms with Gasteiger partial charge in [-0.1, -0.05) is 0 Å². The number of halogens is 1. The smallest absolute Gasteiger partial charge is 0.252 e. The van der Waals surface area contributed by atoms with Crippen molar-refractivity contribution in [3.05, 3.63) is 28.5 Å². The second-order valence-electron chi connectivity index (χ2n) is 3.90. The molecule has 1 aromatic heterocycles. The van der Waals surface area contributed by atoms with Crippen molar-refractivity contribution in [2.45, 2.75) is 18.9 Å². The van der Waals surface area contributed by atoms with Gasteiger partial charge in [0.1, 0.15) is 0 Å². The van der Waals surface area contributed by atoms with Crippen LogP contribution >= 0.6 is 15.9 Å². The van der Waals surface area contributed by atoms with Crippen molar-refractivity contribution in [3.8, 4) is 0 Å². The molecule has 1 amide bonds. The SMILES string of the molecule is O=C(NCC1CCCN1)c1cncc(Br)c1. The highest BCUT2D eigenvalue weighted by molar-refractivity contribution is 9.10. The fourth-order valence-electron chi connectivity index (χ4n) is 1.78. The molecule has 0 saturated carbocycles. The summed E-state index contributed by atoms with van der Waals surface area (Å²) in [5.41, 5.74) is 0.590. The zero-order chi connectivity index (χ0) is 11.4. The molecule has 16 heavy (non-hydrogen) atoms. The molecule has 1 aliphatic rings. The molecule has 2 rings (SSSR count). The third-order valence-corrected chi connectivity index (χ3v) is 3.07. The molecule has 2 heterocycles. The molecule has 2 N–H and O–H groups in total. The first-order chi connectivity index (χ1) is 7.75. The van der Waals surface area contributed by atoms with Crippen LogP contribution in [-0.4, -0.2) is 30.0 Å². The number of hydrogen-bond acceptors (Lipinski definition) is 3. The van der Waals surface area contributed by atoms with Crippen LogP contribution in [0.25, 0.3) is 0 Å². The van der Waals surface area contributed by atoms with Crippen molar-refractivity contribution in [3.63, 3.8) is 0 Å². The third-order valence-electron chi connectivity index (χ3n) is 2.64.